The zero-order valence-corrected chi connectivity index (χ0v) is 15.6. The number of anilines is 1. The fourth-order valence-corrected chi connectivity index (χ4v) is 2.87. The van der Waals surface area contributed by atoms with Crippen molar-refractivity contribution in [3.05, 3.63) is 23.8 Å². The second-order valence-electron chi connectivity index (χ2n) is 6.84. The Labute approximate surface area is 149 Å². The lowest BCUT2D eigenvalue weighted by Crippen LogP contribution is -2.44. The van der Waals surface area contributed by atoms with Crippen LogP contribution in [-0.2, 0) is 0 Å². The number of nitrogens with one attached hydrogen (secondary N) is 3. The van der Waals surface area contributed by atoms with Crippen molar-refractivity contribution in [2.24, 2.45) is 5.92 Å². The van der Waals surface area contributed by atoms with Crippen LogP contribution in [0.5, 0.6) is 5.75 Å². The maximum Gasteiger partial charge on any atom is 0.319 e. The molecule has 25 heavy (non-hydrogen) atoms. The lowest BCUT2D eigenvalue weighted by atomic mass is 10.0. The molecule has 0 aromatic heterocycles. The van der Waals surface area contributed by atoms with E-state index in [-0.39, 0.29) is 30.0 Å². The molecule has 0 fully saturated rings. The number of amides is 3. The zero-order chi connectivity index (χ0) is 18.6. The van der Waals surface area contributed by atoms with Crippen molar-refractivity contribution in [2.45, 2.75) is 32.9 Å². The van der Waals surface area contributed by atoms with Gasteiger partial charge in [0, 0.05) is 37.8 Å². The summed E-state index contributed by atoms with van der Waals surface area (Å²) in [5.74, 6) is 0.625. The van der Waals surface area contributed by atoms with Crippen LogP contribution in [0.4, 0.5) is 10.5 Å². The lowest BCUT2D eigenvalue weighted by molar-refractivity contribution is 0.0637. The number of urea groups is 1. The molecule has 7 nitrogen and oxygen atoms in total. The molecule has 0 saturated heterocycles. The van der Waals surface area contributed by atoms with Gasteiger partial charge < -0.3 is 25.6 Å². The van der Waals surface area contributed by atoms with Crippen LogP contribution in [0.25, 0.3) is 0 Å². The summed E-state index contributed by atoms with van der Waals surface area (Å²) < 4.78 is 6.09. The number of carbonyl (C=O) groups excluding carboxylic acids is 2. The van der Waals surface area contributed by atoms with Gasteiger partial charge in [-0.15, -0.1) is 0 Å². The largest absolute Gasteiger partial charge is 0.488 e. The van der Waals surface area contributed by atoms with Gasteiger partial charge in [-0.1, -0.05) is 6.92 Å². The van der Waals surface area contributed by atoms with E-state index in [4.69, 9.17) is 4.74 Å². The standard InChI is InChI=1S/C18H28N4O3/c1-11(2)20-18(24)21-13-6-7-15-14(8-13)17(23)22(5)10-12(3)16(25-15)9-19-4/h6-8,11-12,16,19H,9-10H2,1-5H3,(H2,20,21,24)/t12-,16+/m1/s1. The molecule has 1 aromatic rings. The molecule has 2 atom stereocenters. The molecule has 1 aromatic carbocycles. The summed E-state index contributed by atoms with van der Waals surface area (Å²) in [7, 11) is 3.67. The number of nitrogens with zero attached hydrogens (tertiary/aromatic N) is 1. The topological polar surface area (TPSA) is 82.7 Å². The summed E-state index contributed by atoms with van der Waals surface area (Å²) >= 11 is 0. The number of hydrogen-bond acceptors (Lipinski definition) is 4. The maximum absolute atomic E-state index is 12.7. The number of fused-ring (bicyclic) bond motifs is 1. The van der Waals surface area contributed by atoms with Crippen LogP contribution in [0.1, 0.15) is 31.1 Å². The van der Waals surface area contributed by atoms with E-state index in [0.717, 1.165) is 0 Å². The Morgan fingerprint density at radius 1 is 1.40 bits per heavy atom. The third-order valence-electron chi connectivity index (χ3n) is 4.11. The molecule has 0 bridgehead atoms. The van der Waals surface area contributed by atoms with Crippen LogP contribution in [-0.4, -0.2) is 56.2 Å². The fraction of sp³-hybridized carbons (Fsp3) is 0.556. The van der Waals surface area contributed by atoms with Crippen molar-refractivity contribution < 1.29 is 14.3 Å². The van der Waals surface area contributed by atoms with Gasteiger partial charge in [0.25, 0.3) is 5.91 Å². The molecule has 3 N–H and O–H groups in total. The van der Waals surface area contributed by atoms with Crippen molar-refractivity contribution in [2.75, 3.05) is 32.5 Å². The minimum atomic E-state index is -0.302. The van der Waals surface area contributed by atoms with E-state index < -0.39 is 0 Å². The van der Waals surface area contributed by atoms with Crippen LogP contribution >= 0.6 is 0 Å². The van der Waals surface area contributed by atoms with E-state index in [1.165, 1.54) is 0 Å². The molecule has 0 unspecified atom stereocenters. The average molecular weight is 348 g/mol. The van der Waals surface area contributed by atoms with Crippen molar-refractivity contribution in [3.8, 4) is 5.75 Å². The van der Waals surface area contributed by atoms with Crippen LogP contribution in [0, 0.1) is 5.92 Å². The van der Waals surface area contributed by atoms with Crippen LogP contribution in [0.3, 0.4) is 0 Å². The molecule has 2 rings (SSSR count). The molecule has 0 spiro atoms. The maximum atomic E-state index is 12.7. The summed E-state index contributed by atoms with van der Waals surface area (Å²) in [5, 5.41) is 8.64. The van der Waals surface area contributed by atoms with Gasteiger partial charge in [-0.3, -0.25) is 4.79 Å². The second-order valence-corrected chi connectivity index (χ2v) is 6.84. The quantitative estimate of drug-likeness (QED) is 0.776. The van der Waals surface area contributed by atoms with Crippen molar-refractivity contribution in [1.82, 2.24) is 15.5 Å². The third kappa shape index (κ3) is 4.85. The molecule has 0 saturated carbocycles. The first-order valence-electron chi connectivity index (χ1n) is 8.60. The van der Waals surface area contributed by atoms with Gasteiger partial charge in [0.15, 0.2) is 0 Å². The smallest absolute Gasteiger partial charge is 0.319 e. The van der Waals surface area contributed by atoms with Crippen molar-refractivity contribution in [3.63, 3.8) is 0 Å². The number of benzene rings is 1. The zero-order valence-electron chi connectivity index (χ0n) is 15.6. The monoisotopic (exact) mass is 348 g/mol. The molecule has 7 heteroatoms. The highest BCUT2D eigenvalue weighted by Crippen LogP contribution is 2.29. The minimum Gasteiger partial charge on any atom is -0.488 e. The summed E-state index contributed by atoms with van der Waals surface area (Å²) in [4.78, 5) is 26.3. The first-order valence-corrected chi connectivity index (χ1v) is 8.60. The fourth-order valence-electron chi connectivity index (χ4n) is 2.87. The van der Waals surface area contributed by atoms with E-state index in [9.17, 15) is 9.59 Å². The molecular formula is C18H28N4O3. The normalized spacial score (nSPS) is 20.4. The number of ether oxygens (including phenoxy) is 1. The molecule has 0 radical (unpaired) electrons. The summed E-state index contributed by atoms with van der Waals surface area (Å²) in [6.45, 7) is 7.14. The second kappa shape index (κ2) is 8.20. The number of likely N-dealkylation sites (N-methyl/N-ethyl adjacent to an activating group) is 1. The Bertz CT molecular complexity index is 633. The van der Waals surface area contributed by atoms with E-state index in [1.807, 2.05) is 20.9 Å². The number of hydrogen-bond donors (Lipinski definition) is 3. The number of carbonyl (C=O) groups is 2. The van der Waals surface area contributed by atoms with E-state index in [1.54, 1.807) is 30.1 Å². The molecule has 1 heterocycles. The highest BCUT2D eigenvalue weighted by Gasteiger charge is 2.28. The van der Waals surface area contributed by atoms with Crippen molar-refractivity contribution in [1.29, 1.82) is 0 Å². The van der Waals surface area contributed by atoms with E-state index in [0.29, 0.717) is 30.1 Å². The Balaban J connectivity index is 2.29. The summed E-state index contributed by atoms with van der Waals surface area (Å²) in [6, 6.07) is 4.88. The van der Waals surface area contributed by atoms with Gasteiger partial charge in [-0.2, -0.15) is 0 Å². The molecule has 138 valence electrons. The molecule has 1 aliphatic heterocycles. The Morgan fingerprint density at radius 2 is 2.12 bits per heavy atom. The van der Waals surface area contributed by atoms with E-state index in [2.05, 4.69) is 22.9 Å². The first kappa shape index (κ1) is 19.1. The van der Waals surface area contributed by atoms with Gasteiger partial charge in [0.1, 0.15) is 11.9 Å². The highest BCUT2D eigenvalue weighted by molar-refractivity contribution is 5.99. The third-order valence-corrected chi connectivity index (χ3v) is 4.11. The summed E-state index contributed by atoms with van der Waals surface area (Å²) in [6.07, 6.45) is -0.0395. The predicted octanol–water partition coefficient (Wildman–Crippen LogP) is 1.90. The SMILES string of the molecule is CNC[C@@H]1Oc2ccc(NC(=O)NC(C)C)cc2C(=O)N(C)C[C@H]1C. The predicted molar refractivity (Wildman–Crippen MR) is 98.2 cm³/mol. The van der Waals surface area contributed by atoms with Crippen molar-refractivity contribution >= 4 is 17.6 Å². The van der Waals surface area contributed by atoms with Gasteiger partial charge in [-0.25, -0.2) is 4.79 Å². The molecule has 3 amide bonds. The minimum absolute atomic E-state index is 0.0317. The van der Waals surface area contributed by atoms with E-state index >= 15 is 0 Å². The molecular weight excluding hydrogens is 320 g/mol. The highest BCUT2D eigenvalue weighted by atomic mass is 16.5. The summed E-state index contributed by atoms with van der Waals surface area (Å²) in [5.41, 5.74) is 1.01. The molecule has 0 aliphatic carbocycles. The number of rotatable bonds is 4. The van der Waals surface area contributed by atoms with Gasteiger partial charge in [0.05, 0.1) is 5.56 Å². The van der Waals surface area contributed by atoms with Gasteiger partial charge in [-0.05, 0) is 39.1 Å². The van der Waals surface area contributed by atoms with Gasteiger partial charge >= 0.3 is 6.03 Å². The average Bonchev–Trinajstić information content (AvgIpc) is 2.53. The van der Waals surface area contributed by atoms with Crippen LogP contribution in [0.2, 0.25) is 0 Å². The Kier molecular flexibility index (Phi) is 6.25. The van der Waals surface area contributed by atoms with Gasteiger partial charge in [0.2, 0.25) is 0 Å². The lowest BCUT2D eigenvalue weighted by Gasteiger charge is -2.32. The Morgan fingerprint density at radius 3 is 2.76 bits per heavy atom. The van der Waals surface area contributed by atoms with Crippen LogP contribution < -0.4 is 20.7 Å². The van der Waals surface area contributed by atoms with Crippen LogP contribution in [0.15, 0.2) is 18.2 Å². The molecule has 1 aliphatic rings. The first-order chi connectivity index (χ1) is 11.8. The Hall–Kier alpha value is -2.28.